The van der Waals surface area contributed by atoms with Crippen LogP contribution in [-0.4, -0.2) is 32.9 Å². The standard InChI is InChI=1S/C8H14N4OS/c1-13-8(4-2-3-5-8)6-12-7(14)9-10-11-12/h2-6H2,1H3,(H,9,11,14). The molecule has 0 radical (unpaired) electrons. The van der Waals surface area contributed by atoms with Gasteiger partial charge < -0.3 is 4.74 Å². The highest BCUT2D eigenvalue weighted by Gasteiger charge is 2.34. The van der Waals surface area contributed by atoms with Gasteiger partial charge in [0.2, 0.25) is 4.77 Å². The Morgan fingerprint density at radius 1 is 1.57 bits per heavy atom. The van der Waals surface area contributed by atoms with Gasteiger partial charge in [0.1, 0.15) is 0 Å². The Morgan fingerprint density at radius 3 is 2.79 bits per heavy atom. The molecule has 0 amide bonds. The molecule has 14 heavy (non-hydrogen) atoms. The van der Waals surface area contributed by atoms with Crippen LogP contribution in [0.3, 0.4) is 0 Å². The summed E-state index contributed by atoms with van der Waals surface area (Å²) in [5.74, 6) is 0. The Labute approximate surface area is 87.4 Å². The fourth-order valence-corrected chi connectivity index (χ4v) is 2.20. The molecule has 0 atom stereocenters. The van der Waals surface area contributed by atoms with Gasteiger partial charge in [0, 0.05) is 7.11 Å². The molecule has 1 aliphatic carbocycles. The van der Waals surface area contributed by atoms with Gasteiger partial charge in [-0.1, -0.05) is 23.2 Å². The van der Waals surface area contributed by atoms with E-state index in [1.54, 1.807) is 11.8 Å². The molecular weight excluding hydrogens is 200 g/mol. The summed E-state index contributed by atoms with van der Waals surface area (Å²) in [5, 5.41) is 10.2. The summed E-state index contributed by atoms with van der Waals surface area (Å²) in [5.41, 5.74) is -0.0631. The second-order valence-corrected chi connectivity index (χ2v) is 4.13. The van der Waals surface area contributed by atoms with E-state index in [1.807, 2.05) is 0 Å². The van der Waals surface area contributed by atoms with E-state index in [2.05, 4.69) is 15.5 Å². The zero-order valence-corrected chi connectivity index (χ0v) is 9.01. The van der Waals surface area contributed by atoms with Crippen molar-refractivity contribution in [1.82, 2.24) is 20.2 Å². The highest BCUT2D eigenvalue weighted by Crippen LogP contribution is 2.33. The molecule has 78 valence electrons. The predicted molar refractivity (Wildman–Crippen MR) is 53.4 cm³/mol. The fraction of sp³-hybridized carbons (Fsp3) is 0.875. The topological polar surface area (TPSA) is 55.7 Å². The van der Waals surface area contributed by atoms with Gasteiger partial charge in [0.05, 0.1) is 12.1 Å². The highest BCUT2D eigenvalue weighted by atomic mass is 32.1. The number of methoxy groups -OCH3 is 1. The molecule has 1 aliphatic rings. The number of rotatable bonds is 3. The third-order valence-corrected chi connectivity index (χ3v) is 3.23. The minimum Gasteiger partial charge on any atom is -0.376 e. The first kappa shape index (κ1) is 9.79. The average Bonchev–Trinajstić information content (AvgIpc) is 2.79. The first-order valence-electron chi connectivity index (χ1n) is 4.79. The van der Waals surface area contributed by atoms with Crippen molar-refractivity contribution < 1.29 is 4.74 Å². The van der Waals surface area contributed by atoms with Crippen LogP contribution in [0.1, 0.15) is 25.7 Å². The van der Waals surface area contributed by atoms with Gasteiger partial charge in [-0.25, -0.2) is 4.68 Å². The number of hydrogen-bond acceptors (Lipinski definition) is 4. The normalized spacial score (nSPS) is 20.1. The van der Waals surface area contributed by atoms with Crippen LogP contribution in [0.2, 0.25) is 0 Å². The molecule has 1 aromatic heterocycles. The first-order valence-corrected chi connectivity index (χ1v) is 5.20. The van der Waals surface area contributed by atoms with Crippen LogP contribution < -0.4 is 0 Å². The largest absolute Gasteiger partial charge is 0.376 e. The molecule has 0 saturated heterocycles. The fourth-order valence-electron chi connectivity index (χ4n) is 2.05. The lowest BCUT2D eigenvalue weighted by Gasteiger charge is -2.26. The first-order chi connectivity index (χ1) is 6.76. The van der Waals surface area contributed by atoms with Crippen LogP contribution in [0.5, 0.6) is 0 Å². The van der Waals surface area contributed by atoms with E-state index in [-0.39, 0.29) is 5.60 Å². The van der Waals surface area contributed by atoms with Crippen molar-refractivity contribution in [2.24, 2.45) is 0 Å². The van der Waals surface area contributed by atoms with E-state index < -0.39 is 0 Å². The minimum absolute atomic E-state index is 0.0631. The van der Waals surface area contributed by atoms with E-state index in [9.17, 15) is 0 Å². The monoisotopic (exact) mass is 214 g/mol. The molecule has 1 saturated carbocycles. The van der Waals surface area contributed by atoms with Crippen molar-refractivity contribution in [3.05, 3.63) is 4.77 Å². The smallest absolute Gasteiger partial charge is 0.238 e. The summed E-state index contributed by atoms with van der Waals surface area (Å²) in [4.78, 5) is 0. The maximum absolute atomic E-state index is 5.58. The molecule has 0 aromatic carbocycles. The zero-order valence-electron chi connectivity index (χ0n) is 8.19. The van der Waals surface area contributed by atoms with Crippen LogP contribution >= 0.6 is 12.2 Å². The Kier molecular flexibility index (Phi) is 2.64. The van der Waals surface area contributed by atoms with Gasteiger partial charge in [0.25, 0.3) is 0 Å². The van der Waals surface area contributed by atoms with Crippen molar-refractivity contribution in [2.45, 2.75) is 37.8 Å². The van der Waals surface area contributed by atoms with Gasteiger partial charge in [-0.3, -0.25) is 0 Å². The zero-order chi connectivity index (χ0) is 10.0. The molecule has 2 rings (SSSR count). The second-order valence-electron chi connectivity index (χ2n) is 3.76. The predicted octanol–water partition coefficient (Wildman–Crippen LogP) is 1.29. The van der Waals surface area contributed by atoms with E-state index in [0.717, 1.165) is 19.4 Å². The number of tetrazole rings is 1. The SMILES string of the molecule is COC1(Cn2[nH]nnc2=S)CCCC1. The Hall–Kier alpha value is -0.750. The molecule has 0 bridgehead atoms. The van der Waals surface area contributed by atoms with E-state index in [0.29, 0.717) is 4.77 Å². The summed E-state index contributed by atoms with van der Waals surface area (Å²) < 4.78 is 7.85. The molecule has 1 aromatic rings. The quantitative estimate of drug-likeness (QED) is 0.770. The molecular formula is C8H14N4OS. The number of aromatic nitrogens is 4. The lowest BCUT2D eigenvalue weighted by Crippen LogP contribution is -2.33. The molecule has 1 heterocycles. The van der Waals surface area contributed by atoms with Crippen molar-refractivity contribution >= 4 is 12.2 Å². The summed E-state index contributed by atoms with van der Waals surface area (Å²) in [7, 11) is 1.76. The summed E-state index contributed by atoms with van der Waals surface area (Å²) in [6.07, 6.45) is 4.63. The Bertz CT molecular complexity index is 352. The van der Waals surface area contributed by atoms with E-state index in [1.165, 1.54) is 12.8 Å². The Balaban J connectivity index is 2.16. The van der Waals surface area contributed by atoms with Gasteiger partial charge >= 0.3 is 0 Å². The van der Waals surface area contributed by atoms with Crippen molar-refractivity contribution in [2.75, 3.05) is 7.11 Å². The minimum atomic E-state index is -0.0631. The second kappa shape index (κ2) is 3.78. The molecule has 0 aliphatic heterocycles. The lowest BCUT2D eigenvalue weighted by molar-refractivity contribution is -0.0215. The van der Waals surface area contributed by atoms with E-state index in [4.69, 9.17) is 17.0 Å². The maximum atomic E-state index is 5.58. The van der Waals surface area contributed by atoms with Crippen LogP contribution in [-0.2, 0) is 11.3 Å². The molecule has 0 spiro atoms. The molecule has 1 N–H and O–H groups in total. The van der Waals surface area contributed by atoms with Gasteiger partial charge in [-0.15, -0.1) is 0 Å². The van der Waals surface area contributed by atoms with Crippen LogP contribution in [0.25, 0.3) is 0 Å². The van der Waals surface area contributed by atoms with Crippen LogP contribution in [0.15, 0.2) is 0 Å². The average molecular weight is 214 g/mol. The van der Waals surface area contributed by atoms with Crippen LogP contribution in [0, 0.1) is 4.77 Å². The summed E-state index contributed by atoms with van der Waals surface area (Å²) >= 11 is 5.02. The molecule has 0 unspecified atom stereocenters. The molecule has 6 heteroatoms. The number of hydrogen-bond donors (Lipinski definition) is 1. The van der Waals surface area contributed by atoms with Gasteiger partial charge in [0.15, 0.2) is 0 Å². The molecule has 1 fully saturated rings. The molecule has 5 nitrogen and oxygen atoms in total. The van der Waals surface area contributed by atoms with E-state index >= 15 is 0 Å². The van der Waals surface area contributed by atoms with Crippen LogP contribution in [0.4, 0.5) is 0 Å². The summed E-state index contributed by atoms with van der Waals surface area (Å²) in [6.45, 7) is 0.731. The van der Waals surface area contributed by atoms with Gasteiger partial charge in [-0.05, 0) is 25.1 Å². The van der Waals surface area contributed by atoms with Crippen molar-refractivity contribution in [3.63, 3.8) is 0 Å². The van der Waals surface area contributed by atoms with Crippen molar-refractivity contribution in [3.8, 4) is 0 Å². The number of nitrogens with zero attached hydrogens (tertiary/aromatic N) is 3. The van der Waals surface area contributed by atoms with Crippen molar-refractivity contribution in [1.29, 1.82) is 0 Å². The third-order valence-electron chi connectivity index (χ3n) is 2.93. The maximum Gasteiger partial charge on any atom is 0.238 e. The third kappa shape index (κ3) is 1.72. The highest BCUT2D eigenvalue weighted by molar-refractivity contribution is 7.71. The number of aromatic amines is 1. The lowest BCUT2D eigenvalue weighted by atomic mass is 10.0. The van der Waals surface area contributed by atoms with Gasteiger partial charge in [-0.2, -0.15) is 5.21 Å². The number of nitrogens with one attached hydrogen (secondary N) is 1. The number of H-pyrrole nitrogens is 1. The number of ether oxygens (including phenoxy) is 1. The summed E-state index contributed by atoms with van der Waals surface area (Å²) in [6, 6.07) is 0. The Morgan fingerprint density at radius 2 is 2.29 bits per heavy atom.